The molecule has 0 atom stereocenters. The number of hydrogen-bond donors (Lipinski definition) is 1. The van der Waals surface area contributed by atoms with Crippen molar-refractivity contribution in [2.75, 3.05) is 6.61 Å². The summed E-state index contributed by atoms with van der Waals surface area (Å²) in [6.45, 7) is -0.416. The van der Waals surface area contributed by atoms with Crippen LogP contribution in [0.15, 0.2) is 36.4 Å². The van der Waals surface area contributed by atoms with Crippen LogP contribution in [-0.2, 0) is 4.79 Å². The van der Waals surface area contributed by atoms with Gasteiger partial charge in [0.2, 0.25) is 0 Å². The summed E-state index contributed by atoms with van der Waals surface area (Å²) in [5, 5.41) is 18.0. The highest BCUT2D eigenvalue weighted by atomic mass is 127. The number of nitrogens with zero attached hydrogens (tertiary/aromatic N) is 1. The molecule has 24 heavy (non-hydrogen) atoms. The van der Waals surface area contributed by atoms with Gasteiger partial charge in [0.15, 0.2) is 6.61 Å². The predicted octanol–water partition coefficient (Wildman–Crippen LogP) is 4.56. The molecule has 0 aromatic heterocycles. The van der Waals surface area contributed by atoms with Gasteiger partial charge in [-0.3, -0.25) is 0 Å². The van der Waals surface area contributed by atoms with Gasteiger partial charge in [0.05, 0.1) is 18.8 Å². The van der Waals surface area contributed by atoms with Crippen LogP contribution >= 0.6 is 45.2 Å². The number of carboxylic acids is 1. The molecule has 0 aliphatic rings. The molecule has 0 bridgehead atoms. The summed E-state index contributed by atoms with van der Waals surface area (Å²) in [4.78, 5) is 10.6. The number of rotatable bonds is 5. The second kappa shape index (κ2) is 8.43. The summed E-state index contributed by atoms with van der Waals surface area (Å²) in [5.41, 5.74) is 1.79. The topological polar surface area (TPSA) is 70.3 Å². The van der Waals surface area contributed by atoms with Crippen molar-refractivity contribution in [2.24, 2.45) is 0 Å². The fourth-order valence-electron chi connectivity index (χ4n) is 1.91. The molecule has 122 valence electrons. The third-order valence-corrected chi connectivity index (χ3v) is 4.55. The molecule has 2 aromatic rings. The molecule has 0 amide bonds. The number of aliphatic carboxylic acids is 1. The molecule has 4 nitrogen and oxygen atoms in total. The van der Waals surface area contributed by atoms with Gasteiger partial charge < -0.3 is 9.84 Å². The van der Waals surface area contributed by atoms with Gasteiger partial charge in [-0.15, -0.1) is 0 Å². The Hall–Kier alpha value is -1.67. The van der Waals surface area contributed by atoms with E-state index in [-0.39, 0.29) is 5.82 Å². The monoisotopic (exact) mass is 549 g/mol. The average Bonchev–Trinajstić information content (AvgIpc) is 2.52. The summed E-state index contributed by atoms with van der Waals surface area (Å²) in [5.74, 6) is -0.912. The van der Waals surface area contributed by atoms with Crippen LogP contribution in [0.25, 0.3) is 11.6 Å². The summed E-state index contributed by atoms with van der Waals surface area (Å²) in [6.07, 6.45) is 1.69. The van der Waals surface area contributed by atoms with Gasteiger partial charge in [-0.05, 0) is 86.7 Å². The van der Waals surface area contributed by atoms with Crippen LogP contribution in [0.3, 0.4) is 0 Å². The summed E-state index contributed by atoms with van der Waals surface area (Å²) in [6, 6.07) is 11.4. The number of nitriles is 1. The summed E-state index contributed by atoms with van der Waals surface area (Å²) in [7, 11) is 0. The Morgan fingerprint density at radius 2 is 1.83 bits per heavy atom. The van der Waals surface area contributed by atoms with E-state index in [1.807, 2.05) is 0 Å². The molecule has 0 aliphatic heterocycles. The van der Waals surface area contributed by atoms with Gasteiger partial charge in [-0.2, -0.15) is 5.26 Å². The molecule has 0 unspecified atom stereocenters. The molecule has 2 rings (SSSR count). The zero-order valence-electron chi connectivity index (χ0n) is 12.1. The molecule has 0 saturated heterocycles. The van der Waals surface area contributed by atoms with E-state index in [0.717, 1.165) is 12.7 Å². The Kier molecular flexibility index (Phi) is 6.56. The van der Waals surface area contributed by atoms with Crippen molar-refractivity contribution in [1.29, 1.82) is 5.26 Å². The molecular weight excluding hydrogens is 539 g/mol. The SMILES string of the molecule is N#C/C(=C/c1cc(I)c(OCC(=O)O)c(I)c1)c1ccc(F)cc1. The fourth-order valence-corrected chi connectivity index (χ4v) is 4.04. The minimum Gasteiger partial charge on any atom is -0.480 e. The lowest BCUT2D eigenvalue weighted by Gasteiger charge is -2.10. The standard InChI is InChI=1S/C17H10FI2NO3/c18-13-3-1-11(2-4-13)12(8-21)5-10-6-14(19)17(15(20)7-10)24-9-16(22)23/h1-7H,9H2,(H,22,23)/b12-5-. The second-order valence-electron chi connectivity index (χ2n) is 4.67. The highest BCUT2D eigenvalue weighted by Gasteiger charge is 2.11. The summed E-state index contributed by atoms with van der Waals surface area (Å²) < 4.78 is 19.8. The molecule has 0 aliphatic carbocycles. The predicted molar refractivity (Wildman–Crippen MR) is 105 cm³/mol. The van der Waals surface area contributed by atoms with Crippen LogP contribution in [-0.4, -0.2) is 17.7 Å². The van der Waals surface area contributed by atoms with Crippen molar-refractivity contribution in [3.05, 3.63) is 60.5 Å². The molecule has 0 spiro atoms. The first-order valence-corrected chi connectivity index (χ1v) is 8.78. The van der Waals surface area contributed by atoms with E-state index in [0.29, 0.717) is 16.9 Å². The number of hydrogen-bond acceptors (Lipinski definition) is 3. The van der Waals surface area contributed by atoms with Crippen LogP contribution in [0.1, 0.15) is 11.1 Å². The molecule has 7 heteroatoms. The number of halogens is 3. The lowest BCUT2D eigenvalue weighted by molar-refractivity contribution is -0.139. The van der Waals surface area contributed by atoms with Crippen molar-refractivity contribution >= 4 is 62.8 Å². The van der Waals surface area contributed by atoms with E-state index < -0.39 is 12.6 Å². The minimum atomic E-state index is -1.05. The Labute approximate surface area is 165 Å². The molecule has 0 saturated carbocycles. The largest absolute Gasteiger partial charge is 0.480 e. The normalized spacial score (nSPS) is 11.0. The third kappa shape index (κ3) is 4.91. The van der Waals surface area contributed by atoms with Crippen molar-refractivity contribution < 1.29 is 19.0 Å². The Balaban J connectivity index is 2.36. The maximum absolute atomic E-state index is 13.0. The number of carboxylic acid groups (broad SMARTS) is 1. The molecule has 1 N–H and O–H groups in total. The molecule has 2 aromatic carbocycles. The molecule has 0 heterocycles. The molecular formula is C17H10FI2NO3. The highest BCUT2D eigenvalue weighted by Crippen LogP contribution is 2.30. The van der Waals surface area contributed by atoms with Gasteiger partial charge in [0, 0.05) is 0 Å². The van der Waals surface area contributed by atoms with Gasteiger partial charge in [-0.1, -0.05) is 12.1 Å². The van der Waals surface area contributed by atoms with Gasteiger partial charge in [0.1, 0.15) is 11.6 Å². The van der Waals surface area contributed by atoms with Crippen LogP contribution in [0.4, 0.5) is 4.39 Å². The first-order chi connectivity index (χ1) is 11.4. The lowest BCUT2D eigenvalue weighted by Crippen LogP contribution is -2.11. The zero-order chi connectivity index (χ0) is 17.7. The average molecular weight is 549 g/mol. The Bertz CT molecular complexity index is 819. The zero-order valence-corrected chi connectivity index (χ0v) is 16.4. The summed E-state index contributed by atoms with van der Waals surface area (Å²) >= 11 is 4.10. The van der Waals surface area contributed by atoms with Gasteiger partial charge in [-0.25, -0.2) is 9.18 Å². The van der Waals surface area contributed by atoms with Crippen LogP contribution in [0.2, 0.25) is 0 Å². The lowest BCUT2D eigenvalue weighted by atomic mass is 10.0. The minimum absolute atomic E-state index is 0.361. The first kappa shape index (κ1) is 18.7. The van der Waals surface area contributed by atoms with Crippen LogP contribution < -0.4 is 4.74 Å². The second-order valence-corrected chi connectivity index (χ2v) is 7.00. The number of ether oxygens (including phenoxy) is 1. The maximum Gasteiger partial charge on any atom is 0.341 e. The number of carbonyl (C=O) groups is 1. The van der Waals surface area contributed by atoms with Crippen LogP contribution in [0, 0.1) is 24.3 Å². The van der Waals surface area contributed by atoms with Crippen molar-refractivity contribution in [1.82, 2.24) is 0 Å². The van der Waals surface area contributed by atoms with Gasteiger partial charge >= 0.3 is 5.97 Å². The van der Waals surface area contributed by atoms with E-state index in [4.69, 9.17) is 9.84 Å². The van der Waals surface area contributed by atoms with E-state index >= 15 is 0 Å². The van der Waals surface area contributed by atoms with Crippen molar-refractivity contribution in [2.45, 2.75) is 0 Å². The highest BCUT2D eigenvalue weighted by molar-refractivity contribution is 14.1. The van der Waals surface area contributed by atoms with Crippen molar-refractivity contribution in [3.63, 3.8) is 0 Å². The van der Waals surface area contributed by atoms with E-state index in [1.165, 1.54) is 12.1 Å². The van der Waals surface area contributed by atoms with Gasteiger partial charge in [0.25, 0.3) is 0 Å². The Morgan fingerprint density at radius 1 is 1.25 bits per heavy atom. The molecule has 0 fully saturated rings. The number of benzene rings is 2. The van der Waals surface area contributed by atoms with E-state index in [9.17, 15) is 14.4 Å². The van der Waals surface area contributed by atoms with Crippen LogP contribution in [0.5, 0.6) is 5.75 Å². The van der Waals surface area contributed by atoms with E-state index in [2.05, 4.69) is 51.3 Å². The number of allylic oxidation sites excluding steroid dienone is 1. The third-order valence-electron chi connectivity index (χ3n) is 2.95. The van der Waals surface area contributed by atoms with Crippen molar-refractivity contribution in [3.8, 4) is 11.8 Å². The van der Waals surface area contributed by atoms with E-state index in [1.54, 1.807) is 30.3 Å². The smallest absolute Gasteiger partial charge is 0.341 e. The fraction of sp³-hybridized carbons (Fsp3) is 0.0588. The molecule has 0 radical (unpaired) electrons. The maximum atomic E-state index is 13.0. The first-order valence-electron chi connectivity index (χ1n) is 6.62. The quantitative estimate of drug-likeness (QED) is 0.338. The Morgan fingerprint density at radius 3 is 2.33 bits per heavy atom.